The molecule has 0 aliphatic carbocycles. The summed E-state index contributed by atoms with van der Waals surface area (Å²) in [4.78, 5) is 19.0. The fourth-order valence-electron chi connectivity index (χ4n) is 4.48. The highest BCUT2D eigenvalue weighted by Crippen LogP contribution is 2.35. The Bertz CT molecular complexity index is 1360. The first-order chi connectivity index (χ1) is 14.8. The molecule has 0 spiro atoms. The topological polar surface area (TPSA) is 62.7 Å². The van der Waals surface area contributed by atoms with Crippen molar-refractivity contribution in [2.75, 3.05) is 38.1 Å². The van der Waals surface area contributed by atoms with E-state index in [2.05, 4.69) is 44.4 Å². The number of para-hydroxylation sites is 2. The van der Waals surface area contributed by atoms with Gasteiger partial charge in [0.2, 0.25) is 5.89 Å². The van der Waals surface area contributed by atoms with Crippen LogP contribution in [0.15, 0.2) is 59.5 Å². The lowest BCUT2D eigenvalue weighted by atomic mass is 10.1. The maximum atomic E-state index is 5.69. The highest BCUT2D eigenvalue weighted by Gasteiger charge is 2.21. The molecule has 1 aliphatic heterocycles. The molecule has 5 heterocycles. The van der Waals surface area contributed by atoms with Gasteiger partial charge in [0, 0.05) is 36.9 Å². The van der Waals surface area contributed by atoms with Crippen molar-refractivity contribution in [1.82, 2.24) is 24.3 Å². The number of rotatable bonds is 2. The number of nitrogens with zero attached hydrogens (tertiary/aromatic N) is 6. The number of benzene rings is 1. The van der Waals surface area contributed by atoms with E-state index in [1.54, 1.807) is 12.5 Å². The Hall–Kier alpha value is -3.45. The van der Waals surface area contributed by atoms with Crippen LogP contribution in [0.2, 0.25) is 0 Å². The molecule has 1 aromatic carbocycles. The van der Waals surface area contributed by atoms with E-state index in [0.717, 1.165) is 65.9 Å². The SMILES string of the molecule is CN1CCCN(c2ccnc3c2cc(-c2ncco2)c2nc4ccccc4n23)CC1. The molecule has 5 aromatic rings. The van der Waals surface area contributed by atoms with Gasteiger partial charge in [-0.25, -0.2) is 15.0 Å². The van der Waals surface area contributed by atoms with Crippen LogP contribution in [0.25, 0.3) is 39.2 Å². The van der Waals surface area contributed by atoms with Gasteiger partial charge in [-0.2, -0.15) is 0 Å². The standard InChI is InChI=1S/C23H22N6O/c1-27-10-4-11-28(13-12-27)19-7-8-24-21-16(19)15-17(23-25-9-14-30-23)22-26-18-5-2-3-6-20(18)29(21)22/h2-3,5-9,14-15H,4,10-13H2,1H3. The molecule has 7 nitrogen and oxygen atoms in total. The van der Waals surface area contributed by atoms with Crippen molar-refractivity contribution in [3.05, 3.63) is 55.1 Å². The molecule has 30 heavy (non-hydrogen) atoms. The highest BCUT2D eigenvalue weighted by molar-refractivity contribution is 6.00. The van der Waals surface area contributed by atoms with Crippen molar-refractivity contribution in [2.45, 2.75) is 6.42 Å². The lowest BCUT2D eigenvalue weighted by molar-refractivity contribution is 0.360. The molecule has 0 atom stereocenters. The van der Waals surface area contributed by atoms with E-state index in [4.69, 9.17) is 14.4 Å². The van der Waals surface area contributed by atoms with Crippen LogP contribution in [-0.4, -0.2) is 57.5 Å². The maximum Gasteiger partial charge on any atom is 0.229 e. The molecule has 0 bridgehead atoms. The number of fused-ring (bicyclic) bond motifs is 5. The summed E-state index contributed by atoms with van der Waals surface area (Å²) in [6, 6.07) is 12.4. The number of hydrogen-bond acceptors (Lipinski definition) is 6. The minimum atomic E-state index is 0.572. The van der Waals surface area contributed by atoms with Crippen LogP contribution in [0, 0.1) is 0 Å². The maximum absolute atomic E-state index is 5.69. The molecule has 7 heteroatoms. The Labute approximate surface area is 173 Å². The molecule has 0 radical (unpaired) electrons. The smallest absolute Gasteiger partial charge is 0.229 e. The Morgan fingerprint density at radius 2 is 1.87 bits per heavy atom. The zero-order valence-electron chi connectivity index (χ0n) is 16.8. The molecular formula is C23H22N6O. The molecule has 1 fully saturated rings. The lowest BCUT2D eigenvalue weighted by Gasteiger charge is -2.24. The third-order valence-corrected chi connectivity index (χ3v) is 5.97. The van der Waals surface area contributed by atoms with Crippen LogP contribution in [0.5, 0.6) is 0 Å². The van der Waals surface area contributed by atoms with E-state index >= 15 is 0 Å². The Balaban J connectivity index is 1.69. The first-order valence-corrected chi connectivity index (χ1v) is 10.3. The second-order valence-corrected chi connectivity index (χ2v) is 7.87. The summed E-state index contributed by atoms with van der Waals surface area (Å²) in [6.45, 7) is 4.19. The first kappa shape index (κ1) is 17.4. The van der Waals surface area contributed by atoms with Gasteiger partial charge in [0.25, 0.3) is 0 Å². The van der Waals surface area contributed by atoms with Crippen LogP contribution in [0.4, 0.5) is 5.69 Å². The summed E-state index contributed by atoms with van der Waals surface area (Å²) in [5, 5.41) is 1.09. The summed E-state index contributed by atoms with van der Waals surface area (Å²) >= 11 is 0. The van der Waals surface area contributed by atoms with Crippen LogP contribution in [0.1, 0.15) is 6.42 Å². The Kier molecular flexibility index (Phi) is 3.95. The lowest BCUT2D eigenvalue weighted by Crippen LogP contribution is -2.29. The molecular weight excluding hydrogens is 376 g/mol. The van der Waals surface area contributed by atoms with Crippen LogP contribution in [-0.2, 0) is 0 Å². The molecule has 0 N–H and O–H groups in total. The zero-order valence-corrected chi connectivity index (χ0v) is 16.8. The van der Waals surface area contributed by atoms with Gasteiger partial charge < -0.3 is 14.2 Å². The summed E-state index contributed by atoms with van der Waals surface area (Å²) in [7, 11) is 2.19. The zero-order chi connectivity index (χ0) is 20.1. The van der Waals surface area contributed by atoms with Crippen LogP contribution in [0.3, 0.4) is 0 Å². The summed E-state index contributed by atoms with van der Waals surface area (Å²) in [5.41, 5.74) is 5.76. The number of pyridine rings is 2. The van der Waals surface area contributed by atoms with Gasteiger partial charge in [-0.15, -0.1) is 0 Å². The second-order valence-electron chi connectivity index (χ2n) is 7.87. The minimum absolute atomic E-state index is 0.572. The predicted octanol–water partition coefficient (Wildman–Crippen LogP) is 3.83. The fraction of sp³-hybridized carbons (Fsp3) is 0.261. The normalized spacial score (nSPS) is 16.0. The van der Waals surface area contributed by atoms with E-state index in [1.165, 1.54) is 5.69 Å². The quantitative estimate of drug-likeness (QED) is 0.450. The molecule has 0 unspecified atom stereocenters. The largest absolute Gasteiger partial charge is 0.444 e. The van der Waals surface area contributed by atoms with Crippen molar-refractivity contribution in [2.24, 2.45) is 0 Å². The number of imidazole rings is 1. The van der Waals surface area contributed by atoms with Crippen molar-refractivity contribution >= 4 is 33.4 Å². The molecule has 1 saturated heterocycles. The summed E-state index contributed by atoms with van der Waals surface area (Å²) < 4.78 is 7.82. The third-order valence-electron chi connectivity index (χ3n) is 5.97. The van der Waals surface area contributed by atoms with Crippen molar-refractivity contribution in [1.29, 1.82) is 0 Å². The van der Waals surface area contributed by atoms with Crippen molar-refractivity contribution in [3.8, 4) is 11.5 Å². The fourth-order valence-corrected chi connectivity index (χ4v) is 4.48. The molecule has 150 valence electrons. The monoisotopic (exact) mass is 398 g/mol. The van der Waals surface area contributed by atoms with Gasteiger partial charge in [0.05, 0.1) is 22.8 Å². The van der Waals surface area contributed by atoms with Crippen LogP contribution < -0.4 is 4.90 Å². The van der Waals surface area contributed by atoms with E-state index in [9.17, 15) is 0 Å². The predicted molar refractivity (Wildman–Crippen MR) is 118 cm³/mol. The Morgan fingerprint density at radius 1 is 0.933 bits per heavy atom. The summed E-state index contributed by atoms with van der Waals surface area (Å²) in [5.74, 6) is 0.572. The second kappa shape index (κ2) is 6.81. The van der Waals surface area contributed by atoms with E-state index < -0.39 is 0 Å². The van der Waals surface area contributed by atoms with Gasteiger partial charge in [0.1, 0.15) is 11.9 Å². The minimum Gasteiger partial charge on any atom is -0.444 e. The molecule has 4 aromatic heterocycles. The van der Waals surface area contributed by atoms with E-state index in [0.29, 0.717) is 5.89 Å². The first-order valence-electron chi connectivity index (χ1n) is 10.3. The van der Waals surface area contributed by atoms with Crippen LogP contribution >= 0.6 is 0 Å². The van der Waals surface area contributed by atoms with Gasteiger partial charge in [-0.1, -0.05) is 12.1 Å². The Morgan fingerprint density at radius 3 is 2.77 bits per heavy atom. The number of anilines is 1. The molecule has 0 saturated carbocycles. The number of aromatic nitrogens is 4. The van der Waals surface area contributed by atoms with E-state index in [-0.39, 0.29) is 0 Å². The van der Waals surface area contributed by atoms with Crippen molar-refractivity contribution in [3.63, 3.8) is 0 Å². The molecule has 0 amide bonds. The van der Waals surface area contributed by atoms with Gasteiger partial charge in [-0.3, -0.25) is 4.40 Å². The van der Waals surface area contributed by atoms with Gasteiger partial charge in [-0.05, 0) is 44.3 Å². The number of hydrogen-bond donors (Lipinski definition) is 0. The molecule has 1 aliphatic rings. The molecule has 6 rings (SSSR count). The van der Waals surface area contributed by atoms with E-state index in [1.807, 2.05) is 24.4 Å². The average Bonchev–Trinajstić information content (AvgIpc) is 3.38. The summed E-state index contributed by atoms with van der Waals surface area (Å²) in [6.07, 6.45) is 6.33. The highest BCUT2D eigenvalue weighted by atomic mass is 16.3. The van der Waals surface area contributed by atoms with Gasteiger partial charge in [0.15, 0.2) is 5.65 Å². The third kappa shape index (κ3) is 2.66. The van der Waals surface area contributed by atoms with Gasteiger partial charge >= 0.3 is 0 Å². The number of likely N-dealkylation sites (N-methyl/N-ethyl adjacent to an activating group) is 1. The average molecular weight is 398 g/mol. The van der Waals surface area contributed by atoms with Crippen molar-refractivity contribution < 1.29 is 4.42 Å². The number of oxazole rings is 1.